The van der Waals surface area contributed by atoms with Crippen LogP contribution in [-0.2, 0) is 21.5 Å². The first-order valence-electron chi connectivity index (χ1n) is 8.74. The molecule has 0 saturated carbocycles. The maximum absolute atomic E-state index is 12.7. The van der Waals surface area contributed by atoms with Crippen molar-refractivity contribution in [3.05, 3.63) is 50.7 Å². The van der Waals surface area contributed by atoms with Crippen LogP contribution in [0.25, 0.3) is 0 Å². The van der Waals surface area contributed by atoms with Crippen LogP contribution in [0.15, 0.2) is 49.2 Å². The molecule has 1 heterocycles. The molecule has 0 aliphatic rings. The number of aromatic hydroxyl groups is 1. The van der Waals surface area contributed by atoms with Crippen LogP contribution in [0.2, 0.25) is 0 Å². The molecule has 0 fully saturated rings. The summed E-state index contributed by atoms with van der Waals surface area (Å²) in [6.07, 6.45) is 0. The van der Waals surface area contributed by atoms with Crippen molar-refractivity contribution in [1.29, 1.82) is 0 Å². The van der Waals surface area contributed by atoms with Crippen LogP contribution in [0.4, 0.5) is 17.1 Å². The topological polar surface area (TPSA) is 194 Å². The molecule has 5 N–H and O–H groups in total. The molecule has 2 aromatic rings. The number of benzene rings is 1. The first-order valence-corrected chi connectivity index (χ1v) is 11.0. The van der Waals surface area contributed by atoms with E-state index in [1.165, 1.54) is 19.9 Å². The van der Waals surface area contributed by atoms with Crippen LogP contribution < -0.4 is 16.6 Å². The summed E-state index contributed by atoms with van der Waals surface area (Å²) in [6.45, 7) is 6.21. The molecule has 33 heavy (non-hydrogen) atoms. The van der Waals surface area contributed by atoms with Gasteiger partial charge in [0, 0.05) is 47.4 Å². The number of carbonyl (C=O) groups excluding carboxylic acids is 2. The molecule has 171 valence electrons. The molecule has 2 rings (SSSR count). The number of aromatic nitrogens is 1. The van der Waals surface area contributed by atoms with Gasteiger partial charge < -0.3 is 16.2 Å². The van der Waals surface area contributed by atoms with Gasteiger partial charge in [-0.25, -0.2) is 0 Å². The minimum absolute atomic E-state index is 0. The Morgan fingerprint density at radius 1 is 1.30 bits per heavy atom. The summed E-state index contributed by atoms with van der Waals surface area (Å²) < 4.78 is 33.7. The molecule has 2 amide bonds. The second kappa shape index (κ2) is 11.2. The van der Waals surface area contributed by atoms with E-state index in [-0.39, 0.29) is 63.1 Å². The van der Waals surface area contributed by atoms with Crippen LogP contribution in [0.1, 0.15) is 22.8 Å². The summed E-state index contributed by atoms with van der Waals surface area (Å²) in [5, 5.41) is 20.1. The second-order valence-electron chi connectivity index (χ2n) is 6.30. The number of carbonyl (C=O) groups is 2. The van der Waals surface area contributed by atoms with Crippen molar-refractivity contribution >= 4 is 84.5 Å². The zero-order chi connectivity index (χ0) is 24.4. The van der Waals surface area contributed by atoms with Gasteiger partial charge in [-0.05, 0) is 48.0 Å². The summed E-state index contributed by atoms with van der Waals surface area (Å²) in [6, 6.07) is 3.25. The standard InChI is InChI=1S/C18H18BrN5O7S.Na/c1-4-24-17(27)13(15(20)25)8(2)14(18(24)28)23-22-11-7-10(21-16(26)9(3)19)5-6-12(11)32(29,30)31;/h5-7,27H,3-4H2,1-2H3,(H2,20,25)(H,21,26)(H,29,30,31);. The van der Waals surface area contributed by atoms with Crippen molar-refractivity contribution < 1.29 is 27.7 Å². The van der Waals surface area contributed by atoms with E-state index in [0.29, 0.717) is 0 Å². The number of halogens is 1. The summed E-state index contributed by atoms with van der Waals surface area (Å²) in [7, 11) is -4.75. The first-order chi connectivity index (χ1) is 14.8. The van der Waals surface area contributed by atoms with Gasteiger partial charge in [0.2, 0.25) is 5.88 Å². The third kappa shape index (κ3) is 6.37. The molecule has 1 radical (unpaired) electrons. The van der Waals surface area contributed by atoms with E-state index < -0.39 is 44.0 Å². The minimum Gasteiger partial charge on any atom is -0.494 e. The molecule has 1 aromatic heterocycles. The summed E-state index contributed by atoms with van der Waals surface area (Å²) in [5.41, 5.74) is 3.32. The van der Waals surface area contributed by atoms with E-state index in [1.807, 2.05) is 0 Å². The van der Waals surface area contributed by atoms with E-state index in [0.717, 1.165) is 16.7 Å². The molecule has 0 unspecified atom stereocenters. The number of azo groups is 1. The smallest absolute Gasteiger partial charge is 0.296 e. The van der Waals surface area contributed by atoms with Crippen LogP contribution in [-0.4, -0.2) is 64.0 Å². The molecular formula is C18H18BrN5NaO7S. The van der Waals surface area contributed by atoms with Crippen LogP contribution in [0.5, 0.6) is 5.88 Å². The number of hydrogen-bond acceptors (Lipinski definition) is 8. The van der Waals surface area contributed by atoms with E-state index in [9.17, 15) is 32.5 Å². The van der Waals surface area contributed by atoms with Gasteiger partial charge >= 0.3 is 0 Å². The van der Waals surface area contributed by atoms with Gasteiger partial charge in [0.05, 0.1) is 4.48 Å². The Morgan fingerprint density at radius 3 is 2.39 bits per heavy atom. The predicted molar refractivity (Wildman–Crippen MR) is 124 cm³/mol. The molecule has 12 nitrogen and oxygen atoms in total. The van der Waals surface area contributed by atoms with Gasteiger partial charge in [0.25, 0.3) is 27.5 Å². The zero-order valence-corrected chi connectivity index (χ0v) is 22.2. The van der Waals surface area contributed by atoms with Crippen molar-refractivity contribution in [2.75, 3.05) is 5.32 Å². The molecular weight excluding hydrogens is 533 g/mol. The Morgan fingerprint density at radius 2 is 1.91 bits per heavy atom. The van der Waals surface area contributed by atoms with Crippen LogP contribution in [0, 0.1) is 6.92 Å². The Hall–Kier alpha value is -2.36. The number of nitrogens with zero attached hydrogens (tertiary/aromatic N) is 3. The Kier molecular flexibility index (Phi) is 9.71. The number of primary amides is 1. The molecule has 0 bridgehead atoms. The van der Waals surface area contributed by atoms with E-state index in [1.54, 1.807) is 0 Å². The number of anilines is 1. The average Bonchev–Trinajstić information content (AvgIpc) is 2.67. The number of nitrogens with one attached hydrogen (secondary N) is 1. The quantitative estimate of drug-likeness (QED) is 0.175. The van der Waals surface area contributed by atoms with Gasteiger partial charge in [-0.2, -0.15) is 8.42 Å². The van der Waals surface area contributed by atoms with E-state index >= 15 is 0 Å². The van der Waals surface area contributed by atoms with Gasteiger partial charge in [0.15, 0.2) is 5.69 Å². The van der Waals surface area contributed by atoms with E-state index in [2.05, 4.69) is 38.1 Å². The molecule has 0 aliphatic heterocycles. The molecule has 15 heteroatoms. The molecule has 0 spiro atoms. The van der Waals surface area contributed by atoms with Crippen molar-refractivity contribution in [2.45, 2.75) is 25.3 Å². The normalized spacial score (nSPS) is 11.2. The number of amides is 2. The van der Waals surface area contributed by atoms with Crippen LogP contribution >= 0.6 is 15.9 Å². The SMILES string of the molecule is C=C(Br)C(=O)Nc1ccc(S(=O)(=O)O)c(N=Nc2c(C)c(C(N)=O)c(O)n(CC)c2=O)c1.[Na]. The summed E-state index contributed by atoms with van der Waals surface area (Å²) in [5.74, 6) is -2.28. The van der Waals surface area contributed by atoms with Gasteiger partial charge in [-0.15, -0.1) is 10.2 Å². The number of hydrogen-bond donors (Lipinski definition) is 4. The van der Waals surface area contributed by atoms with Crippen LogP contribution in [0.3, 0.4) is 0 Å². The van der Waals surface area contributed by atoms with Gasteiger partial charge in [0.1, 0.15) is 16.1 Å². The number of pyridine rings is 1. The third-order valence-electron chi connectivity index (χ3n) is 4.22. The second-order valence-corrected chi connectivity index (χ2v) is 8.65. The fourth-order valence-corrected chi connectivity index (χ4v) is 3.41. The Balaban J connectivity index is 0.00000544. The predicted octanol–water partition coefficient (Wildman–Crippen LogP) is 2.11. The average molecular weight is 551 g/mol. The minimum atomic E-state index is -4.75. The zero-order valence-electron chi connectivity index (χ0n) is 17.8. The van der Waals surface area contributed by atoms with Crippen molar-refractivity contribution in [3.63, 3.8) is 0 Å². The van der Waals surface area contributed by atoms with Gasteiger partial charge in [-0.1, -0.05) is 6.58 Å². The fourth-order valence-electron chi connectivity index (χ4n) is 2.71. The first kappa shape index (κ1) is 28.7. The van der Waals surface area contributed by atoms with Gasteiger partial charge in [-0.3, -0.25) is 23.5 Å². The summed E-state index contributed by atoms with van der Waals surface area (Å²) in [4.78, 5) is 35.5. The third-order valence-corrected chi connectivity index (χ3v) is 5.48. The Bertz CT molecular complexity index is 1340. The van der Waals surface area contributed by atoms with Crippen molar-refractivity contribution in [2.24, 2.45) is 16.0 Å². The fraction of sp³-hybridized carbons (Fsp3) is 0.167. The maximum atomic E-state index is 12.7. The monoisotopic (exact) mass is 550 g/mol. The van der Waals surface area contributed by atoms with Crippen molar-refractivity contribution in [3.8, 4) is 5.88 Å². The molecule has 0 aliphatic carbocycles. The number of nitrogens with two attached hydrogens (primary N) is 1. The number of rotatable bonds is 7. The maximum Gasteiger partial charge on any atom is 0.296 e. The van der Waals surface area contributed by atoms with Crippen molar-refractivity contribution in [1.82, 2.24) is 4.57 Å². The molecule has 1 aromatic carbocycles. The molecule has 0 atom stereocenters. The molecule has 0 saturated heterocycles. The Labute approximate surface area is 218 Å². The largest absolute Gasteiger partial charge is 0.494 e. The summed E-state index contributed by atoms with van der Waals surface area (Å²) >= 11 is 2.90. The van der Waals surface area contributed by atoms with E-state index in [4.69, 9.17) is 5.73 Å².